The van der Waals surface area contributed by atoms with Crippen LogP contribution in [-0.2, 0) is 9.47 Å². The minimum Gasteiger partial charge on any atom is -0.345 e. The van der Waals surface area contributed by atoms with E-state index in [0.29, 0.717) is 22.4 Å². The quantitative estimate of drug-likeness (QED) is 0.260. The van der Waals surface area contributed by atoms with Crippen LogP contribution in [0.5, 0.6) is 0 Å². The van der Waals surface area contributed by atoms with Crippen molar-refractivity contribution in [3.8, 4) is 0 Å². The molecule has 0 atom stereocenters. The number of hydrogen-bond donors (Lipinski definition) is 0. The van der Waals surface area contributed by atoms with Gasteiger partial charge in [0.2, 0.25) is 0 Å². The van der Waals surface area contributed by atoms with Gasteiger partial charge in [-0.1, -0.05) is 23.2 Å². The van der Waals surface area contributed by atoms with Gasteiger partial charge >= 0.3 is 0 Å². The van der Waals surface area contributed by atoms with E-state index < -0.39 is 0 Å². The number of carbonyl (C=O) groups is 2. The van der Waals surface area contributed by atoms with Gasteiger partial charge in [0.25, 0.3) is 0 Å². The maximum absolute atomic E-state index is 10.1. The molecule has 12 heteroatoms. The summed E-state index contributed by atoms with van der Waals surface area (Å²) in [6.07, 6.45) is 1.41. The number of halogens is 5. The van der Waals surface area contributed by atoms with E-state index in [1.807, 2.05) is 11.4 Å². The Kier molecular flexibility index (Phi) is 11.5. The van der Waals surface area contributed by atoms with Crippen LogP contribution >= 0.6 is 105 Å². The standard InChI is InChI=1S/C7H6BrClO2S.C5H2BrClOS.C5H3BrOS/c8-4-3-5(12-6(4)9)7-10-1-2-11-7;6-4-1-3(2-8)9-5(4)7;6-4-1-5(2-7)8-3-4/h3,7H,1-2H2;1-2H;1-3H. The van der Waals surface area contributed by atoms with Crippen LogP contribution in [0.1, 0.15) is 30.5 Å². The summed E-state index contributed by atoms with van der Waals surface area (Å²) >= 11 is 25.4. The number of hydrogen-bond acceptors (Lipinski definition) is 7. The summed E-state index contributed by atoms with van der Waals surface area (Å²) in [6, 6.07) is 5.42. The van der Waals surface area contributed by atoms with E-state index in [4.69, 9.17) is 32.7 Å². The first-order chi connectivity index (χ1) is 13.8. The zero-order valence-corrected chi connectivity index (χ0v) is 22.9. The van der Waals surface area contributed by atoms with E-state index in [-0.39, 0.29) is 6.29 Å². The second-order valence-corrected chi connectivity index (χ2v) is 12.0. The number of carbonyl (C=O) groups excluding carboxylic acids is 2. The Morgan fingerprint density at radius 2 is 1.48 bits per heavy atom. The normalized spacial score (nSPS) is 13.3. The highest BCUT2D eigenvalue weighted by Crippen LogP contribution is 2.37. The van der Waals surface area contributed by atoms with E-state index in [1.54, 1.807) is 12.1 Å². The van der Waals surface area contributed by atoms with Gasteiger partial charge in [-0.25, -0.2) is 0 Å². The van der Waals surface area contributed by atoms with Crippen LogP contribution in [0.2, 0.25) is 8.67 Å². The SMILES string of the molecule is Clc1sc(C2OCCO2)cc1Br.O=Cc1cc(Br)c(Cl)s1.O=Cc1cc(Br)cs1. The highest BCUT2D eigenvalue weighted by atomic mass is 79.9. The molecule has 4 nitrogen and oxygen atoms in total. The van der Waals surface area contributed by atoms with Gasteiger partial charge in [0.15, 0.2) is 18.9 Å². The zero-order chi connectivity index (χ0) is 21.4. The van der Waals surface area contributed by atoms with Gasteiger partial charge in [0.1, 0.15) is 8.67 Å². The molecule has 1 saturated heterocycles. The molecule has 0 N–H and O–H groups in total. The molecule has 0 unspecified atom stereocenters. The van der Waals surface area contributed by atoms with Crippen molar-refractivity contribution in [3.63, 3.8) is 0 Å². The van der Waals surface area contributed by atoms with Crippen molar-refractivity contribution < 1.29 is 19.1 Å². The fraction of sp³-hybridized carbons (Fsp3) is 0.176. The molecule has 3 aromatic heterocycles. The maximum Gasteiger partial charge on any atom is 0.193 e. The maximum atomic E-state index is 10.1. The van der Waals surface area contributed by atoms with E-state index in [2.05, 4.69) is 47.8 Å². The molecule has 4 rings (SSSR count). The number of ether oxygens (including phenoxy) is 2. The van der Waals surface area contributed by atoms with Crippen LogP contribution in [0.3, 0.4) is 0 Å². The van der Waals surface area contributed by atoms with Crippen molar-refractivity contribution in [2.75, 3.05) is 13.2 Å². The summed E-state index contributed by atoms with van der Waals surface area (Å²) in [5, 5.41) is 1.88. The van der Waals surface area contributed by atoms with Gasteiger partial charge in [0.05, 0.1) is 27.8 Å². The van der Waals surface area contributed by atoms with Crippen LogP contribution in [0.4, 0.5) is 0 Å². The molecule has 0 saturated carbocycles. The van der Waals surface area contributed by atoms with Crippen LogP contribution in [0, 0.1) is 0 Å². The fourth-order valence-electron chi connectivity index (χ4n) is 1.81. The summed E-state index contributed by atoms with van der Waals surface area (Å²) in [4.78, 5) is 22.5. The van der Waals surface area contributed by atoms with Gasteiger partial charge in [-0.2, -0.15) is 0 Å². The van der Waals surface area contributed by atoms with E-state index >= 15 is 0 Å². The third-order valence-electron chi connectivity index (χ3n) is 3.00. The van der Waals surface area contributed by atoms with E-state index in [9.17, 15) is 9.59 Å². The molecule has 29 heavy (non-hydrogen) atoms. The molecule has 1 fully saturated rings. The highest BCUT2D eigenvalue weighted by molar-refractivity contribution is 9.11. The first kappa shape index (κ1) is 25.6. The molecule has 4 heterocycles. The van der Waals surface area contributed by atoms with Crippen molar-refractivity contribution in [3.05, 3.63) is 60.3 Å². The largest absolute Gasteiger partial charge is 0.345 e. The monoisotopic (exact) mass is 682 g/mol. The van der Waals surface area contributed by atoms with Gasteiger partial charge in [-0.15, -0.1) is 34.0 Å². The Morgan fingerprint density at radius 3 is 1.83 bits per heavy atom. The van der Waals surface area contributed by atoms with Gasteiger partial charge < -0.3 is 9.47 Å². The smallest absolute Gasteiger partial charge is 0.193 e. The second-order valence-electron chi connectivity index (χ2n) is 5.02. The molecule has 156 valence electrons. The van der Waals surface area contributed by atoms with Crippen molar-refractivity contribution >= 4 is 118 Å². The number of thiophene rings is 3. The average Bonchev–Trinajstić information content (AvgIpc) is 3.48. The Morgan fingerprint density at radius 1 is 0.897 bits per heavy atom. The average molecular weight is 686 g/mol. The molecular formula is C17H11Br3Cl2O4S3. The lowest BCUT2D eigenvalue weighted by Gasteiger charge is -2.03. The van der Waals surface area contributed by atoms with Gasteiger partial charge in [-0.05, 0) is 66.0 Å². The van der Waals surface area contributed by atoms with Crippen LogP contribution in [0.15, 0.2) is 37.0 Å². The molecule has 1 aliphatic rings. The molecule has 0 bridgehead atoms. The van der Waals surface area contributed by atoms with Crippen molar-refractivity contribution in [1.82, 2.24) is 0 Å². The van der Waals surface area contributed by atoms with Crippen molar-refractivity contribution in [1.29, 1.82) is 0 Å². The Balaban J connectivity index is 0.000000160. The molecule has 0 amide bonds. The van der Waals surface area contributed by atoms with Crippen LogP contribution in [-0.4, -0.2) is 25.8 Å². The van der Waals surface area contributed by atoms with E-state index in [1.165, 1.54) is 34.0 Å². The van der Waals surface area contributed by atoms with Gasteiger partial charge in [0, 0.05) is 18.8 Å². The topological polar surface area (TPSA) is 52.6 Å². The molecule has 0 spiro atoms. The first-order valence-electron chi connectivity index (χ1n) is 7.61. The minimum absolute atomic E-state index is 0.209. The Bertz CT molecular complexity index is 913. The summed E-state index contributed by atoms with van der Waals surface area (Å²) in [5.74, 6) is 0. The van der Waals surface area contributed by atoms with Gasteiger partial charge in [-0.3, -0.25) is 9.59 Å². The minimum atomic E-state index is -0.209. The molecule has 0 aliphatic carbocycles. The highest BCUT2D eigenvalue weighted by Gasteiger charge is 2.21. The molecular weight excluding hydrogens is 675 g/mol. The summed E-state index contributed by atoms with van der Waals surface area (Å²) in [6.45, 7) is 1.33. The fourth-order valence-corrected chi connectivity index (χ4v) is 6.35. The zero-order valence-electron chi connectivity index (χ0n) is 14.2. The summed E-state index contributed by atoms with van der Waals surface area (Å²) in [5.41, 5.74) is 0. The van der Waals surface area contributed by atoms with Crippen molar-refractivity contribution in [2.45, 2.75) is 6.29 Å². The van der Waals surface area contributed by atoms with Crippen molar-refractivity contribution in [2.24, 2.45) is 0 Å². The predicted octanol–water partition coefficient (Wildman–Crippen LogP) is 8.51. The Hall–Kier alpha value is 0.380. The lowest BCUT2D eigenvalue weighted by Crippen LogP contribution is -1.93. The Labute approximate surface area is 214 Å². The summed E-state index contributed by atoms with van der Waals surface area (Å²) in [7, 11) is 0. The molecule has 3 aromatic rings. The van der Waals surface area contributed by atoms with Crippen LogP contribution < -0.4 is 0 Å². The van der Waals surface area contributed by atoms with E-state index in [0.717, 1.165) is 40.1 Å². The van der Waals surface area contributed by atoms with Crippen LogP contribution in [0.25, 0.3) is 0 Å². The number of rotatable bonds is 3. The third kappa shape index (κ3) is 8.44. The lowest BCUT2D eigenvalue weighted by molar-refractivity contribution is -0.0413. The third-order valence-corrected chi connectivity index (χ3v) is 9.52. The number of aldehydes is 2. The molecule has 0 radical (unpaired) electrons. The lowest BCUT2D eigenvalue weighted by atomic mass is 10.5. The summed E-state index contributed by atoms with van der Waals surface area (Å²) < 4.78 is 14.7. The second kappa shape index (κ2) is 13.0. The predicted molar refractivity (Wildman–Crippen MR) is 131 cm³/mol. The molecule has 0 aromatic carbocycles. The molecule has 1 aliphatic heterocycles. The first-order valence-corrected chi connectivity index (χ1v) is 13.3.